The quantitative estimate of drug-likeness (QED) is 0.788. The first-order valence-electron chi connectivity index (χ1n) is 5.24. The maximum Gasteiger partial charge on any atom is 0.105 e. The fourth-order valence-electron chi connectivity index (χ4n) is 2.02. The van der Waals surface area contributed by atoms with Gasteiger partial charge in [0, 0.05) is 43.8 Å². The van der Waals surface area contributed by atoms with E-state index in [1.54, 1.807) is 0 Å². The van der Waals surface area contributed by atoms with Crippen molar-refractivity contribution in [2.75, 3.05) is 13.7 Å². The summed E-state index contributed by atoms with van der Waals surface area (Å²) < 4.78 is 2.15. The number of imidazole rings is 1. The predicted octanol–water partition coefficient (Wildman–Crippen LogP) is 1.17. The topological polar surface area (TPSA) is 33.1 Å². The first kappa shape index (κ1) is 10.1. The smallest absolute Gasteiger partial charge is 0.105 e. The highest BCUT2D eigenvalue weighted by molar-refractivity contribution is 5.23. The fourth-order valence-corrected chi connectivity index (χ4v) is 2.02. The molecule has 0 radical (unpaired) electrons. The minimum Gasteiger partial charge on any atom is -0.372 e. The van der Waals surface area contributed by atoms with Crippen molar-refractivity contribution in [2.45, 2.75) is 19.8 Å². The summed E-state index contributed by atoms with van der Waals surface area (Å²) >= 11 is 0. The van der Waals surface area contributed by atoms with Crippen LogP contribution in [-0.2, 0) is 7.05 Å². The summed E-state index contributed by atoms with van der Waals surface area (Å²) in [5.41, 5.74) is 2.58. The monoisotopic (exact) mass is 206 g/mol. The van der Waals surface area contributed by atoms with Crippen molar-refractivity contribution in [1.29, 1.82) is 0 Å². The van der Waals surface area contributed by atoms with Crippen LogP contribution in [0.1, 0.15) is 24.4 Å². The van der Waals surface area contributed by atoms with Gasteiger partial charge in [-0.3, -0.25) is 0 Å². The Kier molecular flexibility index (Phi) is 2.42. The summed E-state index contributed by atoms with van der Waals surface area (Å²) in [6, 6.07) is 0. The average Bonchev–Trinajstić information content (AvgIpc) is 2.75. The largest absolute Gasteiger partial charge is 0.372 e. The van der Waals surface area contributed by atoms with Crippen LogP contribution >= 0.6 is 0 Å². The zero-order chi connectivity index (χ0) is 11.0. The first-order chi connectivity index (χ1) is 7.11. The maximum atomic E-state index is 4.33. The second-order valence-electron chi connectivity index (χ2n) is 4.14. The molecule has 82 valence electrons. The van der Waals surface area contributed by atoms with Crippen LogP contribution < -0.4 is 5.32 Å². The Labute approximate surface area is 90.6 Å². The minimum absolute atomic E-state index is 0.385. The van der Waals surface area contributed by atoms with Crippen molar-refractivity contribution >= 4 is 0 Å². The number of nitrogens with one attached hydrogen (secondary N) is 1. The zero-order valence-corrected chi connectivity index (χ0v) is 9.78. The molecule has 15 heavy (non-hydrogen) atoms. The number of hydrogen-bond acceptors (Lipinski definition) is 3. The summed E-state index contributed by atoms with van der Waals surface area (Å²) in [5, 5.41) is 3.23. The van der Waals surface area contributed by atoms with Crippen molar-refractivity contribution in [3.63, 3.8) is 0 Å². The lowest BCUT2D eigenvalue weighted by Gasteiger charge is -2.21. The van der Waals surface area contributed by atoms with Crippen LogP contribution in [-0.4, -0.2) is 28.2 Å². The molecule has 1 aliphatic heterocycles. The standard InChI is InChI=1S/C11H18N4/c1-8(10-5-12-7-14(10)3)11-6-13-9(2)15(11)4/h5-6,8,12H,7H2,1-4H3. The molecule has 0 saturated heterocycles. The van der Waals surface area contributed by atoms with Gasteiger partial charge >= 0.3 is 0 Å². The summed E-state index contributed by atoms with van der Waals surface area (Å²) in [7, 11) is 4.17. The molecule has 1 aliphatic rings. The Bertz CT molecular complexity index is 391. The van der Waals surface area contributed by atoms with E-state index in [0.717, 1.165) is 12.5 Å². The van der Waals surface area contributed by atoms with Crippen molar-refractivity contribution in [2.24, 2.45) is 7.05 Å². The Morgan fingerprint density at radius 3 is 2.67 bits per heavy atom. The van der Waals surface area contributed by atoms with Gasteiger partial charge in [0.1, 0.15) is 5.82 Å². The molecule has 4 nitrogen and oxygen atoms in total. The molecule has 0 aromatic carbocycles. The number of allylic oxidation sites excluding steroid dienone is 1. The third-order valence-electron chi connectivity index (χ3n) is 3.16. The van der Waals surface area contributed by atoms with Gasteiger partial charge in [-0.05, 0) is 6.92 Å². The molecule has 1 aromatic heterocycles. The van der Waals surface area contributed by atoms with E-state index in [0.29, 0.717) is 5.92 Å². The third-order valence-corrected chi connectivity index (χ3v) is 3.16. The summed E-state index contributed by atoms with van der Waals surface area (Å²) in [6.07, 6.45) is 4.06. The van der Waals surface area contributed by atoms with Crippen molar-refractivity contribution in [3.05, 3.63) is 29.6 Å². The van der Waals surface area contributed by atoms with E-state index in [4.69, 9.17) is 0 Å². The highest BCUT2D eigenvalue weighted by atomic mass is 15.3. The SMILES string of the molecule is Cc1ncc(C(C)C2=CNCN2C)n1C. The normalized spacial score (nSPS) is 17.6. The minimum atomic E-state index is 0.385. The van der Waals surface area contributed by atoms with Gasteiger partial charge in [-0.25, -0.2) is 4.98 Å². The average molecular weight is 206 g/mol. The van der Waals surface area contributed by atoms with Crippen LogP contribution in [0.25, 0.3) is 0 Å². The lowest BCUT2D eigenvalue weighted by Crippen LogP contribution is -2.21. The zero-order valence-electron chi connectivity index (χ0n) is 9.78. The van der Waals surface area contributed by atoms with E-state index in [-0.39, 0.29) is 0 Å². The molecule has 1 atom stereocenters. The lowest BCUT2D eigenvalue weighted by atomic mass is 10.0. The molecular weight excluding hydrogens is 188 g/mol. The van der Waals surface area contributed by atoms with Gasteiger partial charge < -0.3 is 14.8 Å². The summed E-state index contributed by atoms with van der Waals surface area (Å²) in [6.45, 7) is 5.14. The van der Waals surface area contributed by atoms with Crippen LogP contribution in [0.3, 0.4) is 0 Å². The Morgan fingerprint density at radius 1 is 1.47 bits per heavy atom. The van der Waals surface area contributed by atoms with Gasteiger partial charge in [0.15, 0.2) is 0 Å². The molecule has 0 aliphatic carbocycles. The van der Waals surface area contributed by atoms with E-state index in [1.165, 1.54) is 11.4 Å². The van der Waals surface area contributed by atoms with E-state index in [1.807, 2.05) is 13.1 Å². The number of aryl methyl sites for hydroxylation is 1. The number of nitrogens with zero attached hydrogens (tertiary/aromatic N) is 3. The molecule has 0 fully saturated rings. The second kappa shape index (κ2) is 3.61. The second-order valence-corrected chi connectivity index (χ2v) is 4.14. The molecule has 0 bridgehead atoms. The molecule has 1 N–H and O–H groups in total. The van der Waals surface area contributed by atoms with Crippen LogP contribution in [0.2, 0.25) is 0 Å². The molecule has 0 spiro atoms. The van der Waals surface area contributed by atoms with Crippen molar-refractivity contribution < 1.29 is 0 Å². The van der Waals surface area contributed by atoms with Crippen LogP contribution in [0, 0.1) is 6.92 Å². The Morgan fingerprint density at radius 2 is 2.20 bits per heavy atom. The molecule has 2 rings (SSSR count). The predicted molar refractivity (Wildman–Crippen MR) is 60.2 cm³/mol. The lowest BCUT2D eigenvalue weighted by molar-refractivity contribution is 0.413. The molecular formula is C11H18N4. The van der Waals surface area contributed by atoms with Gasteiger partial charge in [0.25, 0.3) is 0 Å². The molecule has 0 saturated carbocycles. The number of likely N-dealkylation sites (N-methyl/N-ethyl adjacent to an activating group) is 1. The van der Waals surface area contributed by atoms with Crippen molar-refractivity contribution in [3.8, 4) is 0 Å². The summed E-state index contributed by atoms with van der Waals surface area (Å²) in [5.74, 6) is 1.45. The van der Waals surface area contributed by atoms with Gasteiger partial charge in [0.05, 0.1) is 6.67 Å². The first-order valence-corrected chi connectivity index (χ1v) is 5.24. The van der Waals surface area contributed by atoms with Gasteiger partial charge in [0.2, 0.25) is 0 Å². The fraction of sp³-hybridized carbons (Fsp3) is 0.545. The Hall–Kier alpha value is -1.45. The van der Waals surface area contributed by atoms with E-state index in [9.17, 15) is 0 Å². The van der Waals surface area contributed by atoms with Crippen LogP contribution in [0.5, 0.6) is 0 Å². The van der Waals surface area contributed by atoms with E-state index >= 15 is 0 Å². The molecule has 1 unspecified atom stereocenters. The number of rotatable bonds is 2. The Balaban J connectivity index is 2.28. The molecule has 0 amide bonds. The third kappa shape index (κ3) is 1.60. The van der Waals surface area contributed by atoms with Crippen molar-refractivity contribution in [1.82, 2.24) is 19.8 Å². The van der Waals surface area contributed by atoms with Gasteiger partial charge in [-0.15, -0.1) is 0 Å². The number of hydrogen-bond donors (Lipinski definition) is 1. The van der Waals surface area contributed by atoms with E-state index < -0.39 is 0 Å². The molecule has 1 aromatic rings. The van der Waals surface area contributed by atoms with Gasteiger partial charge in [-0.2, -0.15) is 0 Å². The molecule has 4 heteroatoms. The maximum absolute atomic E-state index is 4.33. The highest BCUT2D eigenvalue weighted by Crippen LogP contribution is 2.26. The van der Waals surface area contributed by atoms with Crippen LogP contribution in [0.4, 0.5) is 0 Å². The highest BCUT2D eigenvalue weighted by Gasteiger charge is 2.21. The van der Waals surface area contributed by atoms with E-state index in [2.05, 4.69) is 47.0 Å². The van der Waals surface area contributed by atoms with Crippen LogP contribution in [0.15, 0.2) is 18.1 Å². The molecule has 2 heterocycles. The van der Waals surface area contributed by atoms with Gasteiger partial charge in [-0.1, -0.05) is 6.92 Å². The summed E-state index contributed by atoms with van der Waals surface area (Å²) in [4.78, 5) is 6.56. The number of aromatic nitrogens is 2.